The summed E-state index contributed by atoms with van der Waals surface area (Å²) in [6, 6.07) is 12.5. The van der Waals surface area contributed by atoms with Gasteiger partial charge in [-0.15, -0.1) is 0 Å². The molecule has 138 valence electrons. The monoisotopic (exact) mass is 359 g/mol. The Morgan fingerprint density at radius 2 is 1.85 bits per heavy atom. The Hall–Kier alpha value is -2.89. The molecule has 0 bridgehead atoms. The molecule has 1 N–H and O–H groups in total. The van der Waals surface area contributed by atoms with E-state index in [2.05, 4.69) is 5.32 Å². The van der Waals surface area contributed by atoms with Gasteiger partial charge in [0.15, 0.2) is 6.61 Å². The Labute approximate surface area is 152 Å². The second-order valence-corrected chi connectivity index (χ2v) is 6.22. The van der Waals surface area contributed by atoms with E-state index in [1.807, 2.05) is 13.8 Å². The van der Waals surface area contributed by atoms with Gasteiger partial charge in [0.2, 0.25) is 0 Å². The van der Waals surface area contributed by atoms with Crippen LogP contribution >= 0.6 is 0 Å². The number of rotatable bonds is 8. The van der Waals surface area contributed by atoms with Crippen molar-refractivity contribution in [1.82, 2.24) is 5.32 Å². The molecular formula is C20H22FNO4. The molecule has 26 heavy (non-hydrogen) atoms. The van der Waals surface area contributed by atoms with Crippen molar-refractivity contribution < 1.29 is 23.5 Å². The van der Waals surface area contributed by atoms with Crippen molar-refractivity contribution in [3.63, 3.8) is 0 Å². The Bertz CT molecular complexity index is 744. The predicted octanol–water partition coefficient (Wildman–Crippen LogP) is 3.33. The molecule has 0 atom stereocenters. The average Bonchev–Trinajstić information content (AvgIpc) is 2.64. The fourth-order valence-electron chi connectivity index (χ4n) is 2.04. The first-order valence-corrected chi connectivity index (χ1v) is 8.35. The first-order chi connectivity index (χ1) is 12.4. The maximum atomic E-state index is 12.9. The molecule has 5 nitrogen and oxygen atoms in total. The molecule has 0 aliphatic heterocycles. The van der Waals surface area contributed by atoms with Crippen LogP contribution in [0.25, 0.3) is 0 Å². The molecule has 6 heteroatoms. The molecule has 0 aromatic heterocycles. The van der Waals surface area contributed by atoms with E-state index in [-0.39, 0.29) is 24.9 Å². The number of hydrogen-bond donors (Lipinski definition) is 1. The van der Waals surface area contributed by atoms with Gasteiger partial charge >= 0.3 is 5.97 Å². The minimum absolute atomic E-state index is 0.246. The van der Waals surface area contributed by atoms with Gasteiger partial charge in [-0.05, 0) is 41.8 Å². The lowest BCUT2D eigenvalue weighted by Gasteiger charge is -2.10. The number of carbonyl (C=O) groups is 2. The third kappa shape index (κ3) is 6.55. The summed E-state index contributed by atoms with van der Waals surface area (Å²) in [4.78, 5) is 23.6. The van der Waals surface area contributed by atoms with Gasteiger partial charge in [-0.2, -0.15) is 0 Å². The zero-order chi connectivity index (χ0) is 18.9. The summed E-state index contributed by atoms with van der Waals surface area (Å²) in [6.45, 7) is 4.40. The van der Waals surface area contributed by atoms with Crippen molar-refractivity contribution in [2.45, 2.75) is 20.5 Å². The summed E-state index contributed by atoms with van der Waals surface area (Å²) in [6.07, 6.45) is 0. The average molecular weight is 359 g/mol. The summed E-state index contributed by atoms with van der Waals surface area (Å²) in [5, 5.41) is 2.68. The molecule has 0 unspecified atom stereocenters. The molecule has 0 radical (unpaired) electrons. The lowest BCUT2D eigenvalue weighted by molar-refractivity contribution is -0.124. The van der Waals surface area contributed by atoms with Crippen molar-refractivity contribution in [1.29, 1.82) is 0 Å². The van der Waals surface area contributed by atoms with Crippen molar-refractivity contribution >= 4 is 11.9 Å². The summed E-state index contributed by atoms with van der Waals surface area (Å²) in [7, 11) is 0. The minimum Gasteiger partial charge on any atom is -0.489 e. The summed E-state index contributed by atoms with van der Waals surface area (Å²) in [5.41, 5.74) is 1.10. The molecule has 0 aliphatic carbocycles. The molecule has 1 amide bonds. The number of amides is 1. The molecule has 0 spiro atoms. The second kappa shape index (κ2) is 9.56. The Kier molecular flexibility index (Phi) is 7.14. The molecule has 2 aromatic carbocycles. The van der Waals surface area contributed by atoms with E-state index < -0.39 is 5.97 Å². The van der Waals surface area contributed by atoms with Crippen molar-refractivity contribution in [3.05, 3.63) is 65.5 Å². The highest BCUT2D eigenvalue weighted by Gasteiger charge is 2.11. The molecular weight excluding hydrogens is 337 g/mol. The van der Waals surface area contributed by atoms with Crippen LogP contribution in [0.3, 0.4) is 0 Å². The minimum atomic E-state index is -0.600. The van der Waals surface area contributed by atoms with Gasteiger partial charge in [0.25, 0.3) is 5.91 Å². The number of nitrogens with one attached hydrogen (secondary N) is 1. The van der Waals surface area contributed by atoms with E-state index >= 15 is 0 Å². The Morgan fingerprint density at radius 3 is 2.54 bits per heavy atom. The molecule has 0 saturated carbocycles. The highest BCUT2D eigenvalue weighted by Crippen LogP contribution is 2.16. The van der Waals surface area contributed by atoms with Crippen LogP contribution < -0.4 is 10.1 Å². The maximum Gasteiger partial charge on any atom is 0.338 e. The van der Waals surface area contributed by atoms with Crippen LogP contribution in [0.1, 0.15) is 29.8 Å². The van der Waals surface area contributed by atoms with Gasteiger partial charge < -0.3 is 14.8 Å². The third-order valence-electron chi connectivity index (χ3n) is 3.43. The maximum absolute atomic E-state index is 12.9. The molecule has 2 aromatic rings. The van der Waals surface area contributed by atoms with Gasteiger partial charge in [0.05, 0.1) is 5.56 Å². The van der Waals surface area contributed by atoms with Crippen LogP contribution in [0, 0.1) is 11.7 Å². The summed E-state index contributed by atoms with van der Waals surface area (Å²) < 4.78 is 23.5. The van der Waals surface area contributed by atoms with Crippen LogP contribution in [0.5, 0.6) is 5.75 Å². The van der Waals surface area contributed by atoms with Gasteiger partial charge in [-0.1, -0.05) is 32.0 Å². The van der Waals surface area contributed by atoms with Gasteiger partial charge in [0, 0.05) is 6.54 Å². The number of hydrogen-bond acceptors (Lipinski definition) is 4. The van der Waals surface area contributed by atoms with Crippen molar-refractivity contribution in [3.8, 4) is 5.75 Å². The molecule has 0 heterocycles. The SMILES string of the molecule is CC(C)CNC(=O)COC(=O)c1cccc(OCc2ccc(F)cc2)c1. The van der Waals surface area contributed by atoms with Crippen LogP contribution in [-0.4, -0.2) is 25.0 Å². The van der Waals surface area contributed by atoms with E-state index in [9.17, 15) is 14.0 Å². The number of esters is 1. The lowest BCUT2D eigenvalue weighted by Crippen LogP contribution is -2.31. The highest BCUT2D eigenvalue weighted by atomic mass is 19.1. The van der Waals surface area contributed by atoms with Crippen LogP contribution in [0.2, 0.25) is 0 Å². The topological polar surface area (TPSA) is 64.6 Å². The van der Waals surface area contributed by atoms with E-state index in [1.165, 1.54) is 18.2 Å². The van der Waals surface area contributed by atoms with Crippen molar-refractivity contribution in [2.24, 2.45) is 5.92 Å². The van der Waals surface area contributed by atoms with E-state index in [4.69, 9.17) is 9.47 Å². The molecule has 0 aliphatic rings. The van der Waals surface area contributed by atoms with Gasteiger partial charge in [-0.3, -0.25) is 4.79 Å². The zero-order valence-electron chi connectivity index (χ0n) is 14.8. The zero-order valence-corrected chi connectivity index (χ0v) is 14.8. The fraction of sp³-hybridized carbons (Fsp3) is 0.300. The second-order valence-electron chi connectivity index (χ2n) is 6.22. The smallest absolute Gasteiger partial charge is 0.338 e. The molecule has 0 fully saturated rings. The van der Waals surface area contributed by atoms with Crippen LogP contribution in [0.4, 0.5) is 4.39 Å². The Balaban J connectivity index is 1.86. The van der Waals surface area contributed by atoms with E-state index in [0.717, 1.165) is 5.56 Å². The standard InChI is InChI=1S/C20H22FNO4/c1-14(2)11-22-19(23)13-26-20(24)16-4-3-5-18(10-16)25-12-15-6-8-17(21)9-7-15/h3-10,14H,11-13H2,1-2H3,(H,22,23). The fourth-order valence-corrected chi connectivity index (χ4v) is 2.04. The molecule has 0 saturated heterocycles. The third-order valence-corrected chi connectivity index (χ3v) is 3.43. The number of halogens is 1. The Morgan fingerprint density at radius 1 is 1.12 bits per heavy atom. The van der Waals surface area contributed by atoms with Crippen molar-refractivity contribution in [2.75, 3.05) is 13.2 Å². The summed E-state index contributed by atoms with van der Waals surface area (Å²) >= 11 is 0. The normalized spacial score (nSPS) is 10.5. The predicted molar refractivity (Wildman–Crippen MR) is 95.3 cm³/mol. The first-order valence-electron chi connectivity index (χ1n) is 8.35. The number of benzene rings is 2. The van der Waals surface area contributed by atoms with Crippen LogP contribution in [0.15, 0.2) is 48.5 Å². The summed E-state index contributed by atoms with van der Waals surface area (Å²) in [5.74, 6) is -0.443. The van der Waals surface area contributed by atoms with E-state index in [1.54, 1.807) is 30.3 Å². The first kappa shape index (κ1) is 19.4. The van der Waals surface area contributed by atoms with E-state index in [0.29, 0.717) is 23.8 Å². The number of ether oxygens (including phenoxy) is 2. The highest BCUT2D eigenvalue weighted by molar-refractivity contribution is 5.91. The van der Waals surface area contributed by atoms with Gasteiger partial charge in [-0.25, -0.2) is 9.18 Å². The quantitative estimate of drug-likeness (QED) is 0.734. The van der Waals surface area contributed by atoms with Gasteiger partial charge in [0.1, 0.15) is 18.2 Å². The molecule has 2 rings (SSSR count). The largest absolute Gasteiger partial charge is 0.489 e. The number of carbonyl (C=O) groups excluding carboxylic acids is 2. The lowest BCUT2D eigenvalue weighted by atomic mass is 10.2. The van der Waals surface area contributed by atoms with Crippen LogP contribution in [-0.2, 0) is 16.1 Å².